The van der Waals surface area contributed by atoms with Crippen LogP contribution in [0, 0.1) is 13.8 Å². The van der Waals surface area contributed by atoms with E-state index in [2.05, 4.69) is 88.4 Å². The van der Waals surface area contributed by atoms with Crippen LogP contribution in [-0.2, 0) is 10.8 Å². The zero-order chi connectivity index (χ0) is 24.4. The van der Waals surface area contributed by atoms with E-state index in [1.807, 2.05) is 11.3 Å². The van der Waals surface area contributed by atoms with E-state index in [9.17, 15) is 0 Å². The van der Waals surface area contributed by atoms with Gasteiger partial charge in [0.25, 0.3) is 0 Å². The van der Waals surface area contributed by atoms with Gasteiger partial charge in [-0.15, -0.1) is 11.3 Å². The smallest absolute Gasteiger partial charge is 0.0443 e. The topological polar surface area (TPSA) is 0 Å². The third kappa shape index (κ3) is 2.41. The molecule has 1 heteroatoms. The van der Waals surface area contributed by atoms with Gasteiger partial charge in [0.2, 0.25) is 0 Å². The first-order valence-electron chi connectivity index (χ1n) is 13.7. The lowest BCUT2D eigenvalue weighted by atomic mass is 9.64. The van der Waals surface area contributed by atoms with Crippen molar-refractivity contribution in [2.24, 2.45) is 0 Å². The van der Waals surface area contributed by atoms with E-state index in [1.54, 1.807) is 27.8 Å². The number of hydrogen-bond donors (Lipinski definition) is 0. The lowest BCUT2D eigenvalue weighted by Crippen LogP contribution is -2.31. The maximum absolute atomic E-state index is 2.55. The monoisotopic (exact) mass is 484 g/mol. The Hall–Kier alpha value is -2.90. The SMILES string of the molecule is Cc1ccc2c(c1)C(C)(C)c1c3c(c4c(sc5ccccc54)c1-2)-c1ccc(C)cc1C31CCCCC1. The van der Waals surface area contributed by atoms with E-state index in [-0.39, 0.29) is 10.8 Å². The highest BCUT2D eigenvalue weighted by atomic mass is 32.1. The van der Waals surface area contributed by atoms with E-state index in [1.165, 1.54) is 80.1 Å². The van der Waals surface area contributed by atoms with Crippen LogP contribution in [-0.4, -0.2) is 0 Å². The molecule has 1 spiro atoms. The summed E-state index contributed by atoms with van der Waals surface area (Å²) >= 11 is 2.01. The van der Waals surface area contributed by atoms with E-state index in [0.717, 1.165) is 0 Å². The lowest BCUT2D eigenvalue weighted by Gasteiger charge is -2.39. The molecule has 0 aliphatic heterocycles. The summed E-state index contributed by atoms with van der Waals surface area (Å²) < 4.78 is 2.92. The van der Waals surface area contributed by atoms with Crippen molar-refractivity contribution in [2.45, 2.75) is 70.6 Å². The normalized spacial score (nSPS) is 18.4. The fourth-order valence-electron chi connectivity index (χ4n) is 8.20. The number of thiophene rings is 1. The van der Waals surface area contributed by atoms with Crippen LogP contribution in [0.25, 0.3) is 42.4 Å². The number of fused-ring (bicyclic) bond motifs is 14. The Kier molecular flexibility index (Phi) is 4.06. The second-order valence-electron chi connectivity index (χ2n) is 12.2. The average molecular weight is 485 g/mol. The summed E-state index contributed by atoms with van der Waals surface area (Å²) in [5.74, 6) is 0. The van der Waals surface area contributed by atoms with Crippen LogP contribution in [0.4, 0.5) is 0 Å². The van der Waals surface area contributed by atoms with Crippen LogP contribution >= 0.6 is 11.3 Å². The van der Waals surface area contributed by atoms with Crippen LogP contribution in [0.15, 0.2) is 60.7 Å². The van der Waals surface area contributed by atoms with Crippen LogP contribution in [0.2, 0.25) is 0 Å². The molecule has 1 fully saturated rings. The first-order valence-corrected chi connectivity index (χ1v) is 14.5. The molecule has 0 radical (unpaired) electrons. The van der Waals surface area contributed by atoms with Crippen molar-refractivity contribution >= 4 is 31.5 Å². The zero-order valence-corrected chi connectivity index (χ0v) is 22.5. The Morgan fingerprint density at radius 3 is 2.11 bits per heavy atom. The molecule has 1 saturated carbocycles. The van der Waals surface area contributed by atoms with Gasteiger partial charge in [0.05, 0.1) is 0 Å². The van der Waals surface area contributed by atoms with Crippen molar-refractivity contribution in [3.8, 4) is 22.3 Å². The number of benzene rings is 4. The third-order valence-corrected chi connectivity index (χ3v) is 10.9. The first kappa shape index (κ1) is 21.2. The van der Waals surface area contributed by atoms with Crippen molar-refractivity contribution in [2.75, 3.05) is 0 Å². The van der Waals surface area contributed by atoms with Crippen LogP contribution in [0.1, 0.15) is 79.3 Å². The largest absolute Gasteiger partial charge is 0.134 e. The molecule has 178 valence electrons. The Morgan fingerprint density at radius 2 is 1.36 bits per heavy atom. The average Bonchev–Trinajstić information content (AvgIpc) is 3.45. The first-order chi connectivity index (χ1) is 17.4. The van der Waals surface area contributed by atoms with Crippen molar-refractivity contribution in [1.29, 1.82) is 0 Å². The molecule has 3 aliphatic carbocycles. The van der Waals surface area contributed by atoms with Crippen LogP contribution in [0.5, 0.6) is 0 Å². The van der Waals surface area contributed by atoms with Gasteiger partial charge in [0.1, 0.15) is 0 Å². The van der Waals surface area contributed by atoms with E-state index in [4.69, 9.17) is 0 Å². The molecule has 0 unspecified atom stereocenters. The lowest BCUT2D eigenvalue weighted by molar-refractivity contribution is 0.348. The molecule has 0 nitrogen and oxygen atoms in total. The highest BCUT2D eigenvalue weighted by molar-refractivity contribution is 7.26. The van der Waals surface area contributed by atoms with Crippen LogP contribution in [0.3, 0.4) is 0 Å². The minimum atomic E-state index is -0.00727. The second kappa shape index (κ2) is 6.90. The zero-order valence-electron chi connectivity index (χ0n) is 21.7. The summed E-state index contributed by atoms with van der Waals surface area (Å²) in [6, 6.07) is 23.7. The number of rotatable bonds is 0. The molecule has 5 aromatic rings. The Labute approximate surface area is 218 Å². The standard InChI is InChI=1S/C35H32S/c1-20-12-14-22-25(18-20)34(3,4)31-30(22)33-29(24-10-6-7-11-27(24)36-33)28-23-15-13-21(2)19-26(23)35(32(28)31)16-8-5-9-17-35/h6-7,10-15,18-19H,5,8-9,16-17H2,1-4H3. The molecule has 3 aliphatic rings. The third-order valence-electron chi connectivity index (χ3n) is 9.71. The molecule has 0 atom stereocenters. The van der Waals surface area contributed by atoms with Crippen molar-refractivity contribution in [1.82, 2.24) is 0 Å². The molecular formula is C35H32S. The molecule has 1 aromatic heterocycles. The Morgan fingerprint density at radius 1 is 0.694 bits per heavy atom. The minimum absolute atomic E-state index is 0.00727. The summed E-state index contributed by atoms with van der Waals surface area (Å²) in [6.07, 6.45) is 6.59. The summed E-state index contributed by atoms with van der Waals surface area (Å²) in [5, 5.41) is 2.95. The van der Waals surface area contributed by atoms with Gasteiger partial charge in [-0.3, -0.25) is 0 Å². The van der Waals surface area contributed by atoms with Gasteiger partial charge in [-0.1, -0.05) is 98.8 Å². The predicted octanol–water partition coefficient (Wildman–Crippen LogP) is 10.2. The van der Waals surface area contributed by atoms with Gasteiger partial charge in [0.15, 0.2) is 0 Å². The van der Waals surface area contributed by atoms with E-state index < -0.39 is 0 Å². The van der Waals surface area contributed by atoms with Gasteiger partial charge in [0, 0.05) is 36.6 Å². The maximum atomic E-state index is 2.55. The molecule has 4 aromatic carbocycles. The van der Waals surface area contributed by atoms with Crippen molar-refractivity contribution in [3.05, 3.63) is 94.0 Å². The van der Waals surface area contributed by atoms with Gasteiger partial charge >= 0.3 is 0 Å². The number of aryl methyl sites for hydroxylation is 2. The fourth-order valence-corrected chi connectivity index (χ4v) is 9.47. The fraction of sp³-hybridized carbons (Fsp3) is 0.314. The molecule has 1 heterocycles. The molecule has 8 rings (SSSR count). The summed E-state index contributed by atoms with van der Waals surface area (Å²) in [4.78, 5) is 0. The van der Waals surface area contributed by atoms with Gasteiger partial charge < -0.3 is 0 Å². The van der Waals surface area contributed by atoms with E-state index >= 15 is 0 Å². The summed E-state index contributed by atoms with van der Waals surface area (Å²) in [7, 11) is 0. The summed E-state index contributed by atoms with van der Waals surface area (Å²) in [5.41, 5.74) is 15.4. The van der Waals surface area contributed by atoms with Gasteiger partial charge in [-0.05, 0) is 71.7 Å². The number of hydrogen-bond acceptors (Lipinski definition) is 1. The molecule has 0 saturated heterocycles. The maximum Gasteiger partial charge on any atom is 0.0443 e. The van der Waals surface area contributed by atoms with Crippen LogP contribution < -0.4 is 0 Å². The molecule has 0 N–H and O–H groups in total. The quantitative estimate of drug-likeness (QED) is 0.205. The summed E-state index contributed by atoms with van der Waals surface area (Å²) in [6.45, 7) is 9.53. The van der Waals surface area contributed by atoms with E-state index in [0.29, 0.717) is 0 Å². The Bertz CT molecular complexity index is 1750. The predicted molar refractivity (Wildman–Crippen MR) is 156 cm³/mol. The second-order valence-corrected chi connectivity index (χ2v) is 13.2. The molecule has 0 bridgehead atoms. The highest BCUT2D eigenvalue weighted by Crippen LogP contribution is 2.66. The van der Waals surface area contributed by atoms with Crippen molar-refractivity contribution in [3.63, 3.8) is 0 Å². The van der Waals surface area contributed by atoms with Gasteiger partial charge in [-0.25, -0.2) is 0 Å². The van der Waals surface area contributed by atoms with Crippen molar-refractivity contribution < 1.29 is 0 Å². The van der Waals surface area contributed by atoms with Gasteiger partial charge in [-0.2, -0.15) is 0 Å². The molecule has 36 heavy (non-hydrogen) atoms. The molecule has 0 amide bonds. The molecular weight excluding hydrogens is 452 g/mol. The minimum Gasteiger partial charge on any atom is -0.134 e. The Balaban J connectivity index is 1.66. The highest BCUT2D eigenvalue weighted by Gasteiger charge is 2.51.